The van der Waals surface area contributed by atoms with Crippen LogP contribution < -0.4 is 0 Å². The van der Waals surface area contributed by atoms with Crippen LogP contribution in [-0.4, -0.2) is 27.4 Å². The Morgan fingerprint density at radius 2 is 1.80 bits per heavy atom. The van der Waals surface area contributed by atoms with Crippen molar-refractivity contribution in [2.24, 2.45) is 0 Å². The number of carboxylic acids is 1. The Kier molecular flexibility index (Phi) is 7.23. The summed E-state index contributed by atoms with van der Waals surface area (Å²) in [5.74, 6) is -0.966. The summed E-state index contributed by atoms with van der Waals surface area (Å²) in [5, 5.41) is 29.1. The third kappa shape index (κ3) is 6.43. The van der Waals surface area contributed by atoms with Crippen LogP contribution in [0.25, 0.3) is 6.08 Å². The van der Waals surface area contributed by atoms with E-state index in [1.165, 1.54) is 11.6 Å². The van der Waals surface area contributed by atoms with Gasteiger partial charge in [-0.05, 0) is 42.5 Å². The van der Waals surface area contributed by atoms with E-state index >= 15 is 0 Å². The van der Waals surface area contributed by atoms with Crippen LogP contribution in [0.4, 0.5) is 0 Å². The van der Waals surface area contributed by atoms with E-state index in [-0.39, 0.29) is 5.75 Å². The quantitative estimate of drug-likeness (QED) is 0.479. The van der Waals surface area contributed by atoms with E-state index in [9.17, 15) is 15.0 Å². The molecule has 2 aromatic carbocycles. The number of carbonyl (C=O) groups is 1. The Morgan fingerprint density at radius 3 is 2.52 bits per heavy atom. The highest BCUT2D eigenvalue weighted by Gasteiger charge is 2.12. The van der Waals surface area contributed by atoms with Gasteiger partial charge in [-0.3, -0.25) is 0 Å². The summed E-state index contributed by atoms with van der Waals surface area (Å²) in [6.45, 7) is 0. The molecule has 2 rings (SSSR count). The number of hydrogen-bond donors (Lipinski definition) is 3. The third-order valence-corrected chi connectivity index (χ3v) is 4.13. The van der Waals surface area contributed by atoms with Gasteiger partial charge in [0.25, 0.3) is 0 Å². The second-order valence-corrected chi connectivity index (χ2v) is 6.11. The second kappa shape index (κ2) is 9.64. The summed E-state index contributed by atoms with van der Waals surface area (Å²) in [7, 11) is 0. The lowest BCUT2D eigenvalue weighted by Crippen LogP contribution is -2.11. The van der Waals surface area contributed by atoms with E-state index in [4.69, 9.17) is 5.11 Å². The summed E-state index contributed by atoms with van der Waals surface area (Å²) in [4.78, 5) is 10.7. The van der Waals surface area contributed by atoms with E-state index in [1.807, 2.05) is 18.2 Å². The molecule has 0 aliphatic rings. The van der Waals surface area contributed by atoms with Crippen LogP contribution in [0.2, 0.25) is 0 Å². The van der Waals surface area contributed by atoms with E-state index < -0.39 is 12.1 Å². The zero-order valence-corrected chi connectivity index (χ0v) is 14.1. The fourth-order valence-corrected chi connectivity index (χ4v) is 2.82. The van der Waals surface area contributed by atoms with Crippen molar-refractivity contribution in [2.75, 3.05) is 0 Å². The Labute approximate surface area is 148 Å². The molecule has 0 radical (unpaired) electrons. The number of aliphatic hydroxyl groups is 1. The van der Waals surface area contributed by atoms with Gasteiger partial charge in [0.1, 0.15) is 5.75 Å². The molecule has 1 atom stereocenters. The van der Waals surface area contributed by atoms with Gasteiger partial charge in [0.2, 0.25) is 0 Å². The number of rotatable bonds is 9. The standard InChI is InChI=1S/C21H24O4/c22-18(11-5-4-9-16-7-2-1-3-8-16)15-19-17(13-14-21(24)25)10-6-12-20(19)23/h1-3,6-8,10,12-14,18,22-23H,4-5,9,11,15H2,(H,24,25)/b14-13+/t18-/m1/s1. The fraction of sp³-hybridized carbons (Fsp3) is 0.286. The predicted octanol–water partition coefficient (Wildman–Crippen LogP) is 3.81. The number of phenols is 1. The average Bonchev–Trinajstić information content (AvgIpc) is 2.60. The Bertz CT molecular complexity index is 707. The van der Waals surface area contributed by atoms with Crippen molar-refractivity contribution >= 4 is 12.0 Å². The lowest BCUT2D eigenvalue weighted by atomic mass is 9.97. The molecule has 0 aliphatic heterocycles. The minimum atomic E-state index is -1.05. The Morgan fingerprint density at radius 1 is 1.04 bits per heavy atom. The highest BCUT2D eigenvalue weighted by Crippen LogP contribution is 2.25. The maximum atomic E-state index is 10.7. The van der Waals surface area contributed by atoms with Gasteiger partial charge in [-0.1, -0.05) is 48.9 Å². The van der Waals surface area contributed by atoms with E-state index in [1.54, 1.807) is 18.2 Å². The number of aromatic hydroxyl groups is 1. The molecule has 0 saturated heterocycles. The highest BCUT2D eigenvalue weighted by molar-refractivity contribution is 5.85. The van der Waals surface area contributed by atoms with Crippen LogP contribution in [0, 0.1) is 0 Å². The van der Waals surface area contributed by atoms with E-state index in [0.717, 1.165) is 25.3 Å². The van der Waals surface area contributed by atoms with E-state index in [2.05, 4.69) is 12.1 Å². The number of hydrogen-bond acceptors (Lipinski definition) is 3. The zero-order chi connectivity index (χ0) is 18.1. The molecule has 25 heavy (non-hydrogen) atoms. The molecule has 0 amide bonds. The van der Waals surface area contributed by atoms with Gasteiger partial charge in [0, 0.05) is 18.1 Å². The number of phenolic OH excluding ortho intramolecular Hbond substituents is 1. The number of benzene rings is 2. The van der Waals surface area contributed by atoms with Crippen LogP contribution >= 0.6 is 0 Å². The number of aryl methyl sites for hydroxylation is 1. The van der Waals surface area contributed by atoms with Crippen molar-refractivity contribution in [2.45, 2.75) is 38.2 Å². The lowest BCUT2D eigenvalue weighted by molar-refractivity contribution is -0.131. The molecule has 0 spiro atoms. The van der Waals surface area contributed by atoms with Gasteiger partial charge in [-0.15, -0.1) is 0 Å². The first-order valence-corrected chi connectivity index (χ1v) is 8.50. The fourth-order valence-electron chi connectivity index (χ4n) is 2.82. The SMILES string of the molecule is O=C(O)/C=C/c1cccc(O)c1C[C@H](O)CCCCc1ccccc1. The Balaban J connectivity index is 1.87. The molecular weight excluding hydrogens is 316 g/mol. The van der Waals surface area contributed by atoms with Crippen molar-refractivity contribution in [3.05, 3.63) is 71.3 Å². The summed E-state index contributed by atoms with van der Waals surface area (Å²) >= 11 is 0. The number of aliphatic hydroxyl groups excluding tert-OH is 1. The minimum absolute atomic E-state index is 0.0795. The monoisotopic (exact) mass is 340 g/mol. The molecule has 3 N–H and O–H groups in total. The smallest absolute Gasteiger partial charge is 0.328 e. The summed E-state index contributed by atoms with van der Waals surface area (Å²) in [6, 6.07) is 15.2. The van der Waals surface area contributed by atoms with Gasteiger partial charge in [-0.2, -0.15) is 0 Å². The second-order valence-electron chi connectivity index (χ2n) is 6.11. The van der Waals surface area contributed by atoms with Crippen molar-refractivity contribution in [3.8, 4) is 5.75 Å². The van der Waals surface area contributed by atoms with Crippen molar-refractivity contribution in [3.63, 3.8) is 0 Å². The molecule has 0 unspecified atom stereocenters. The van der Waals surface area contributed by atoms with Crippen LogP contribution in [0.1, 0.15) is 36.0 Å². The molecule has 0 fully saturated rings. The topological polar surface area (TPSA) is 77.8 Å². The largest absolute Gasteiger partial charge is 0.508 e. The molecular formula is C21H24O4. The summed E-state index contributed by atoms with van der Waals surface area (Å²) in [5.41, 5.74) is 2.49. The van der Waals surface area contributed by atoms with Gasteiger partial charge < -0.3 is 15.3 Å². The van der Waals surface area contributed by atoms with Crippen molar-refractivity contribution in [1.29, 1.82) is 0 Å². The van der Waals surface area contributed by atoms with Crippen LogP contribution in [0.15, 0.2) is 54.6 Å². The van der Waals surface area contributed by atoms with Crippen molar-refractivity contribution < 1.29 is 20.1 Å². The third-order valence-electron chi connectivity index (χ3n) is 4.13. The minimum Gasteiger partial charge on any atom is -0.508 e. The zero-order valence-electron chi connectivity index (χ0n) is 14.1. The normalized spacial score (nSPS) is 12.4. The van der Waals surface area contributed by atoms with Gasteiger partial charge in [0.05, 0.1) is 6.10 Å². The summed E-state index contributed by atoms with van der Waals surface area (Å²) in [6.07, 6.45) is 5.72. The number of carboxylic acid groups (broad SMARTS) is 1. The number of aliphatic carboxylic acids is 1. The van der Waals surface area contributed by atoms with Crippen LogP contribution in [0.3, 0.4) is 0 Å². The average molecular weight is 340 g/mol. The molecule has 4 nitrogen and oxygen atoms in total. The predicted molar refractivity (Wildman–Crippen MR) is 98.5 cm³/mol. The van der Waals surface area contributed by atoms with Gasteiger partial charge >= 0.3 is 5.97 Å². The lowest BCUT2D eigenvalue weighted by Gasteiger charge is -2.14. The maximum absolute atomic E-state index is 10.7. The van der Waals surface area contributed by atoms with Gasteiger partial charge in [-0.25, -0.2) is 4.79 Å². The molecule has 0 bridgehead atoms. The first-order valence-electron chi connectivity index (χ1n) is 8.50. The maximum Gasteiger partial charge on any atom is 0.328 e. The number of unbranched alkanes of at least 4 members (excludes halogenated alkanes) is 1. The molecule has 4 heteroatoms. The molecule has 2 aromatic rings. The molecule has 0 heterocycles. The molecule has 0 aliphatic carbocycles. The first-order chi connectivity index (χ1) is 12.1. The first kappa shape index (κ1) is 18.7. The van der Waals surface area contributed by atoms with Crippen molar-refractivity contribution in [1.82, 2.24) is 0 Å². The van der Waals surface area contributed by atoms with Gasteiger partial charge in [0.15, 0.2) is 0 Å². The summed E-state index contributed by atoms with van der Waals surface area (Å²) < 4.78 is 0. The Hall–Kier alpha value is -2.59. The van der Waals surface area contributed by atoms with Crippen LogP contribution in [0.5, 0.6) is 5.75 Å². The molecule has 0 saturated carbocycles. The van der Waals surface area contributed by atoms with E-state index in [0.29, 0.717) is 24.0 Å². The molecule has 0 aromatic heterocycles. The highest BCUT2D eigenvalue weighted by atomic mass is 16.4. The molecule has 132 valence electrons. The van der Waals surface area contributed by atoms with Crippen LogP contribution in [-0.2, 0) is 17.6 Å².